The van der Waals surface area contributed by atoms with Gasteiger partial charge in [-0.05, 0) is 18.6 Å². The summed E-state index contributed by atoms with van der Waals surface area (Å²) < 4.78 is 2.22. The molecule has 5 nitrogen and oxygen atoms in total. The maximum Gasteiger partial charge on any atom is 0.313 e. The van der Waals surface area contributed by atoms with Gasteiger partial charge in [0.05, 0.1) is 5.75 Å². The van der Waals surface area contributed by atoms with Gasteiger partial charge in [-0.25, -0.2) is 0 Å². The van der Waals surface area contributed by atoms with Crippen molar-refractivity contribution in [3.05, 3.63) is 5.82 Å². The molecule has 2 atom stereocenters. The quantitative estimate of drug-likeness (QED) is 0.773. The predicted molar refractivity (Wildman–Crippen MR) is 87.3 cm³/mol. The third-order valence-corrected chi connectivity index (χ3v) is 5.90. The van der Waals surface area contributed by atoms with Crippen molar-refractivity contribution < 1.29 is 9.90 Å². The molecule has 1 saturated carbocycles. The first-order valence-corrected chi connectivity index (χ1v) is 9.49. The Morgan fingerprint density at radius 1 is 1.43 bits per heavy atom. The van der Waals surface area contributed by atoms with Crippen molar-refractivity contribution in [2.45, 2.75) is 62.4 Å². The van der Waals surface area contributed by atoms with Crippen LogP contribution in [0.5, 0.6) is 0 Å². The van der Waals surface area contributed by atoms with E-state index >= 15 is 0 Å². The monoisotopic (exact) mass is 329 g/mol. The number of hydrogen-bond donors (Lipinski definition) is 1. The van der Waals surface area contributed by atoms with Crippen LogP contribution in [0.4, 0.5) is 0 Å². The molecule has 0 bridgehead atoms. The van der Waals surface area contributed by atoms with Crippen molar-refractivity contribution in [2.24, 2.45) is 0 Å². The van der Waals surface area contributed by atoms with E-state index in [1.807, 2.05) is 11.8 Å². The number of thioether (sulfide) groups is 2. The minimum atomic E-state index is -0.813. The first kappa shape index (κ1) is 16.7. The number of aromatic nitrogens is 3. The molecule has 1 aromatic heterocycles. The van der Waals surface area contributed by atoms with E-state index < -0.39 is 5.97 Å². The van der Waals surface area contributed by atoms with Crippen LogP contribution < -0.4 is 0 Å². The molecule has 2 unspecified atom stereocenters. The van der Waals surface area contributed by atoms with Gasteiger partial charge in [-0.1, -0.05) is 39.0 Å². The number of nitrogens with zero attached hydrogens (tertiary/aromatic N) is 3. The van der Waals surface area contributed by atoms with Gasteiger partial charge in [-0.2, -0.15) is 11.8 Å². The molecular formula is C14H23N3O2S2. The highest BCUT2D eigenvalue weighted by molar-refractivity contribution is 8.00. The van der Waals surface area contributed by atoms with Crippen LogP contribution >= 0.6 is 23.5 Å². The molecular weight excluding hydrogens is 306 g/mol. The lowest BCUT2D eigenvalue weighted by Crippen LogP contribution is -2.20. The second-order valence-corrected chi connectivity index (χ2v) is 8.00. The number of hydrogen-bond acceptors (Lipinski definition) is 5. The van der Waals surface area contributed by atoms with E-state index in [-0.39, 0.29) is 5.75 Å². The topological polar surface area (TPSA) is 68.0 Å². The molecule has 0 saturated heterocycles. The highest BCUT2D eigenvalue weighted by Gasteiger charge is 2.33. The second-order valence-electron chi connectivity index (χ2n) is 5.54. The maximum atomic E-state index is 10.8. The third kappa shape index (κ3) is 3.94. The van der Waals surface area contributed by atoms with Gasteiger partial charge in [-0.3, -0.25) is 4.79 Å². The molecule has 0 radical (unpaired) electrons. The fourth-order valence-electron chi connectivity index (χ4n) is 2.83. The molecule has 0 spiro atoms. The zero-order valence-corrected chi connectivity index (χ0v) is 14.4. The van der Waals surface area contributed by atoms with Crippen LogP contribution in [0.1, 0.15) is 57.8 Å². The zero-order valence-electron chi connectivity index (χ0n) is 12.8. The van der Waals surface area contributed by atoms with Gasteiger partial charge in [0.1, 0.15) is 5.82 Å². The van der Waals surface area contributed by atoms with E-state index in [4.69, 9.17) is 5.11 Å². The van der Waals surface area contributed by atoms with E-state index in [9.17, 15) is 4.79 Å². The summed E-state index contributed by atoms with van der Waals surface area (Å²) in [4.78, 5) is 10.8. The lowest BCUT2D eigenvalue weighted by molar-refractivity contribution is -0.133. The summed E-state index contributed by atoms with van der Waals surface area (Å²) in [5.74, 6) is 1.61. The number of carboxylic acid groups (broad SMARTS) is 1. The van der Waals surface area contributed by atoms with Crippen LogP contribution in [0.15, 0.2) is 5.16 Å². The number of aliphatic carboxylic acids is 1. The number of carbonyl (C=O) groups is 1. The third-order valence-electron chi connectivity index (χ3n) is 3.66. The standard InChI is InChI=1S/C14H23N3O2S2/c1-4-20-11-7-5-6-10(11)17-13(9(2)3)15-16-14(17)21-8-12(18)19/h9-11H,4-8H2,1-3H3,(H,18,19). The summed E-state index contributed by atoms with van der Waals surface area (Å²) in [6.45, 7) is 6.42. The SMILES string of the molecule is CCSC1CCCC1n1c(SCC(=O)O)nnc1C(C)C. The molecule has 21 heavy (non-hydrogen) atoms. The summed E-state index contributed by atoms with van der Waals surface area (Å²) in [5.41, 5.74) is 0. The fourth-order valence-corrected chi connectivity index (χ4v) is 4.79. The Labute approximate surface area is 134 Å². The Morgan fingerprint density at radius 2 is 2.19 bits per heavy atom. The molecule has 1 N–H and O–H groups in total. The summed E-state index contributed by atoms with van der Waals surface area (Å²) in [6.07, 6.45) is 3.58. The lowest BCUT2D eigenvalue weighted by atomic mass is 10.1. The molecule has 118 valence electrons. The number of rotatable bonds is 7. The lowest BCUT2D eigenvalue weighted by Gasteiger charge is -2.24. The van der Waals surface area contributed by atoms with Crippen LogP contribution in [0.25, 0.3) is 0 Å². The average molecular weight is 329 g/mol. The molecule has 1 heterocycles. The first-order valence-electron chi connectivity index (χ1n) is 7.45. The molecule has 1 aromatic rings. The highest BCUT2D eigenvalue weighted by atomic mass is 32.2. The van der Waals surface area contributed by atoms with Gasteiger partial charge in [-0.15, -0.1) is 10.2 Å². The summed E-state index contributed by atoms with van der Waals surface area (Å²) >= 11 is 3.28. The highest BCUT2D eigenvalue weighted by Crippen LogP contribution is 2.41. The van der Waals surface area contributed by atoms with E-state index in [2.05, 4.69) is 35.5 Å². The van der Waals surface area contributed by atoms with Crippen molar-refractivity contribution in [1.82, 2.24) is 14.8 Å². The molecule has 1 fully saturated rings. The minimum Gasteiger partial charge on any atom is -0.481 e. The largest absolute Gasteiger partial charge is 0.481 e. The Kier molecular flexibility index (Phi) is 5.98. The van der Waals surface area contributed by atoms with Gasteiger partial charge >= 0.3 is 5.97 Å². The van der Waals surface area contributed by atoms with Crippen LogP contribution in [0.2, 0.25) is 0 Å². The van der Waals surface area contributed by atoms with Crippen molar-refractivity contribution >= 4 is 29.5 Å². The fraction of sp³-hybridized carbons (Fsp3) is 0.786. The molecule has 0 amide bonds. The summed E-state index contributed by atoms with van der Waals surface area (Å²) in [6, 6.07) is 0.402. The Morgan fingerprint density at radius 3 is 2.81 bits per heavy atom. The van der Waals surface area contributed by atoms with Gasteiger partial charge in [0.25, 0.3) is 0 Å². The maximum absolute atomic E-state index is 10.8. The molecule has 0 aliphatic heterocycles. The van der Waals surface area contributed by atoms with Gasteiger partial charge in [0.15, 0.2) is 5.16 Å². The molecule has 2 rings (SSSR count). The smallest absolute Gasteiger partial charge is 0.313 e. The summed E-state index contributed by atoms with van der Waals surface area (Å²) in [7, 11) is 0. The minimum absolute atomic E-state index is 0.0362. The van der Waals surface area contributed by atoms with Gasteiger partial charge in [0.2, 0.25) is 0 Å². The van der Waals surface area contributed by atoms with Crippen LogP contribution in [-0.2, 0) is 4.79 Å². The van der Waals surface area contributed by atoms with Gasteiger partial charge < -0.3 is 9.67 Å². The Hall–Kier alpha value is -0.690. The van der Waals surface area contributed by atoms with E-state index in [1.165, 1.54) is 24.6 Å². The van der Waals surface area contributed by atoms with E-state index in [0.717, 1.165) is 23.2 Å². The second kappa shape index (κ2) is 7.54. The van der Waals surface area contributed by atoms with Crippen molar-refractivity contribution in [1.29, 1.82) is 0 Å². The van der Waals surface area contributed by atoms with E-state index in [1.54, 1.807) is 0 Å². The molecule has 7 heteroatoms. The molecule has 1 aliphatic carbocycles. The normalized spacial score (nSPS) is 22.1. The predicted octanol–water partition coefficient (Wildman–Crippen LogP) is 3.42. The zero-order chi connectivity index (χ0) is 15.4. The Balaban J connectivity index is 2.29. The first-order chi connectivity index (χ1) is 10.0. The van der Waals surface area contributed by atoms with Crippen molar-refractivity contribution in [2.75, 3.05) is 11.5 Å². The molecule has 0 aromatic carbocycles. The van der Waals surface area contributed by atoms with Crippen molar-refractivity contribution in [3.63, 3.8) is 0 Å². The van der Waals surface area contributed by atoms with Crippen LogP contribution in [-0.4, -0.2) is 42.6 Å². The van der Waals surface area contributed by atoms with Crippen LogP contribution in [0, 0.1) is 0 Å². The average Bonchev–Trinajstić information content (AvgIpc) is 3.02. The summed E-state index contributed by atoms with van der Waals surface area (Å²) in [5, 5.41) is 18.8. The van der Waals surface area contributed by atoms with E-state index in [0.29, 0.717) is 17.2 Å². The number of carboxylic acids is 1. The van der Waals surface area contributed by atoms with Gasteiger partial charge in [0, 0.05) is 17.2 Å². The van der Waals surface area contributed by atoms with Crippen LogP contribution in [0.3, 0.4) is 0 Å². The Bertz CT molecular complexity index is 491. The molecule has 1 aliphatic rings. The van der Waals surface area contributed by atoms with Crippen molar-refractivity contribution in [3.8, 4) is 0 Å².